The van der Waals surface area contributed by atoms with Gasteiger partial charge in [0.15, 0.2) is 0 Å². The smallest absolute Gasteiger partial charge is 0.419 e. The molecule has 5 heteroatoms. The highest BCUT2D eigenvalue weighted by atomic mass is 16.6. The Balaban J connectivity index is 0. The van der Waals surface area contributed by atoms with Gasteiger partial charge >= 0.3 is 12.2 Å². The predicted molar refractivity (Wildman–Crippen MR) is 53.2 cm³/mol. The molecule has 0 N–H and O–H groups in total. The Labute approximate surface area is 85.0 Å². The molecule has 0 aliphatic heterocycles. The van der Waals surface area contributed by atoms with Crippen molar-refractivity contribution in [3.05, 3.63) is 0 Å². The van der Waals surface area contributed by atoms with Gasteiger partial charge in [-0.15, -0.1) is 0 Å². The zero-order valence-corrected chi connectivity index (χ0v) is 9.49. The highest BCUT2D eigenvalue weighted by Gasteiger charge is 2.17. The van der Waals surface area contributed by atoms with E-state index < -0.39 is 12.2 Å². The molecule has 0 aliphatic carbocycles. The highest BCUT2D eigenvalue weighted by molar-refractivity contribution is 5.87. The van der Waals surface area contributed by atoms with Crippen LogP contribution in [0.4, 0.5) is 9.59 Å². The molecule has 0 saturated carbocycles. The van der Waals surface area contributed by atoms with Gasteiger partial charge in [-0.1, -0.05) is 13.8 Å². The minimum Gasteiger partial charge on any atom is -0.449 e. The Morgan fingerprint density at radius 2 is 1.29 bits per heavy atom. The van der Waals surface area contributed by atoms with Gasteiger partial charge in [0.25, 0.3) is 0 Å². The SMILES string of the molecule is CC.CCOC(=O)N(C)C(=O)OCC. The topological polar surface area (TPSA) is 55.8 Å². The van der Waals surface area contributed by atoms with Gasteiger partial charge < -0.3 is 9.47 Å². The third-order valence-electron chi connectivity index (χ3n) is 1.08. The summed E-state index contributed by atoms with van der Waals surface area (Å²) in [5.41, 5.74) is 0. The minimum atomic E-state index is -0.698. The van der Waals surface area contributed by atoms with Crippen LogP contribution in [0.1, 0.15) is 27.7 Å². The van der Waals surface area contributed by atoms with Crippen molar-refractivity contribution in [1.82, 2.24) is 4.90 Å². The van der Waals surface area contributed by atoms with Gasteiger partial charge in [0, 0.05) is 7.05 Å². The molecule has 0 unspecified atom stereocenters. The van der Waals surface area contributed by atoms with Crippen LogP contribution in [-0.4, -0.2) is 37.3 Å². The van der Waals surface area contributed by atoms with Crippen LogP contribution in [0.3, 0.4) is 0 Å². The highest BCUT2D eigenvalue weighted by Crippen LogP contribution is 1.94. The third kappa shape index (κ3) is 6.28. The molecule has 0 spiro atoms. The van der Waals surface area contributed by atoms with E-state index in [2.05, 4.69) is 9.47 Å². The molecule has 0 aromatic rings. The van der Waals surface area contributed by atoms with Crippen LogP contribution in [0.5, 0.6) is 0 Å². The minimum absolute atomic E-state index is 0.239. The number of imide groups is 1. The Hall–Kier alpha value is -1.26. The quantitative estimate of drug-likeness (QED) is 0.693. The van der Waals surface area contributed by atoms with Crippen LogP contribution in [0.25, 0.3) is 0 Å². The molecule has 0 aromatic carbocycles. The van der Waals surface area contributed by atoms with Crippen molar-refractivity contribution >= 4 is 12.2 Å². The zero-order valence-electron chi connectivity index (χ0n) is 9.49. The fourth-order valence-electron chi connectivity index (χ4n) is 0.515. The van der Waals surface area contributed by atoms with E-state index >= 15 is 0 Å². The van der Waals surface area contributed by atoms with Crippen LogP contribution in [0.2, 0.25) is 0 Å². The zero-order chi connectivity index (χ0) is 11.6. The molecule has 5 nitrogen and oxygen atoms in total. The van der Waals surface area contributed by atoms with Crippen molar-refractivity contribution in [3.8, 4) is 0 Å². The first-order valence-electron chi connectivity index (χ1n) is 4.70. The molecule has 0 atom stereocenters. The van der Waals surface area contributed by atoms with E-state index in [0.29, 0.717) is 0 Å². The monoisotopic (exact) mass is 205 g/mol. The summed E-state index contributed by atoms with van der Waals surface area (Å²) in [6, 6.07) is 0. The second-order valence-electron chi connectivity index (χ2n) is 1.96. The molecular formula is C9H19NO4. The number of carbonyl (C=O) groups excluding carboxylic acids is 2. The van der Waals surface area contributed by atoms with E-state index in [0.717, 1.165) is 4.90 Å². The molecule has 0 heterocycles. The third-order valence-corrected chi connectivity index (χ3v) is 1.08. The van der Waals surface area contributed by atoms with Crippen LogP contribution < -0.4 is 0 Å². The summed E-state index contributed by atoms with van der Waals surface area (Å²) in [6.45, 7) is 7.80. The lowest BCUT2D eigenvalue weighted by Crippen LogP contribution is -2.34. The number of ether oxygens (including phenoxy) is 2. The summed E-state index contributed by atoms with van der Waals surface area (Å²) in [4.78, 5) is 22.5. The van der Waals surface area contributed by atoms with Crippen molar-refractivity contribution in [1.29, 1.82) is 0 Å². The number of amides is 2. The maximum Gasteiger partial charge on any atom is 0.419 e. The average molecular weight is 205 g/mol. The van der Waals surface area contributed by atoms with Gasteiger partial charge in [0.05, 0.1) is 13.2 Å². The summed E-state index contributed by atoms with van der Waals surface area (Å²) < 4.78 is 9.11. The van der Waals surface area contributed by atoms with E-state index in [-0.39, 0.29) is 13.2 Å². The molecule has 0 radical (unpaired) electrons. The molecular weight excluding hydrogens is 186 g/mol. The number of hydrogen-bond acceptors (Lipinski definition) is 4. The second kappa shape index (κ2) is 9.83. The normalized spacial score (nSPS) is 8.07. The van der Waals surface area contributed by atoms with E-state index in [1.54, 1.807) is 13.8 Å². The molecule has 0 aromatic heterocycles. The molecule has 0 aliphatic rings. The molecule has 84 valence electrons. The Morgan fingerprint density at radius 3 is 1.50 bits per heavy atom. The van der Waals surface area contributed by atoms with Gasteiger partial charge in [-0.2, -0.15) is 0 Å². The van der Waals surface area contributed by atoms with Crippen molar-refractivity contribution in [2.45, 2.75) is 27.7 Å². The van der Waals surface area contributed by atoms with Gasteiger partial charge in [0.2, 0.25) is 0 Å². The van der Waals surface area contributed by atoms with Crippen LogP contribution in [0, 0.1) is 0 Å². The summed E-state index contributed by atoms with van der Waals surface area (Å²) in [6.07, 6.45) is -1.40. The Kier molecular flexibility index (Phi) is 10.7. The second-order valence-corrected chi connectivity index (χ2v) is 1.96. The van der Waals surface area contributed by atoms with E-state index in [9.17, 15) is 9.59 Å². The van der Waals surface area contributed by atoms with E-state index in [4.69, 9.17) is 0 Å². The summed E-state index contributed by atoms with van der Waals surface area (Å²) in [5.74, 6) is 0. The van der Waals surface area contributed by atoms with Gasteiger partial charge in [-0.05, 0) is 13.8 Å². The summed E-state index contributed by atoms with van der Waals surface area (Å²) in [5, 5.41) is 0. The van der Waals surface area contributed by atoms with E-state index in [1.807, 2.05) is 13.8 Å². The number of carbonyl (C=O) groups is 2. The maximum atomic E-state index is 10.9. The van der Waals surface area contributed by atoms with Crippen molar-refractivity contribution in [2.24, 2.45) is 0 Å². The summed E-state index contributed by atoms with van der Waals surface area (Å²) >= 11 is 0. The molecule has 0 rings (SSSR count). The fourth-order valence-corrected chi connectivity index (χ4v) is 0.515. The van der Waals surface area contributed by atoms with Crippen LogP contribution in [0.15, 0.2) is 0 Å². The van der Waals surface area contributed by atoms with Crippen molar-refractivity contribution in [3.63, 3.8) is 0 Å². The molecule has 0 saturated heterocycles. The van der Waals surface area contributed by atoms with Gasteiger partial charge in [0.1, 0.15) is 0 Å². The lowest BCUT2D eigenvalue weighted by atomic mass is 10.8. The lowest BCUT2D eigenvalue weighted by molar-refractivity contribution is 0.0896. The maximum absolute atomic E-state index is 10.9. The summed E-state index contributed by atoms with van der Waals surface area (Å²) in [7, 11) is 1.30. The first-order valence-corrected chi connectivity index (χ1v) is 4.70. The Bertz CT molecular complexity index is 152. The van der Waals surface area contributed by atoms with Crippen LogP contribution in [-0.2, 0) is 9.47 Å². The number of nitrogens with zero attached hydrogens (tertiary/aromatic N) is 1. The predicted octanol–water partition coefficient (Wildman–Crippen LogP) is 2.26. The Morgan fingerprint density at radius 1 is 1.00 bits per heavy atom. The van der Waals surface area contributed by atoms with Crippen molar-refractivity contribution < 1.29 is 19.1 Å². The molecule has 14 heavy (non-hydrogen) atoms. The van der Waals surface area contributed by atoms with Gasteiger partial charge in [-0.25, -0.2) is 14.5 Å². The standard InChI is InChI=1S/C7H13NO4.C2H6/c1-4-11-6(9)8(3)7(10)12-5-2;1-2/h4-5H2,1-3H3;1-2H3. The first-order chi connectivity index (χ1) is 6.63. The molecule has 0 fully saturated rings. The average Bonchev–Trinajstić information content (AvgIpc) is 2.20. The first kappa shape index (κ1) is 15.2. The number of hydrogen-bond donors (Lipinski definition) is 0. The molecule has 2 amide bonds. The lowest BCUT2D eigenvalue weighted by Gasteiger charge is -2.13. The van der Waals surface area contributed by atoms with E-state index in [1.165, 1.54) is 7.05 Å². The number of rotatable bonds is 2. The van der Waals surface area contributed by atoms with Gasteiger partial charge in [-0.3, -0.25) is 0 Å². The largest absolute Gasteiger partial charge is 0.449 e. The van der Waals surface area contributed by atoms with Crippen molar-refractivity contribution in [2.75, 3.05) is 20.3 Å². The molecule has 0 bridgehead atoms. The fraction of sp³-hybridized carbons (Fsp3) is 0.778. The van der Waals surface area contributed by atoms with Crippen LogP contribution >= 0.6 is 0 Å².